The molecule has 0 spiro atoms. The van der Waals surface area contributed by atoms with E-state index in [1.165, 1.54) is 11.8 Å². The molecule has 0 aliphatic rings. The van der Waals surface area contributed by atoms with Crippen LogP contribution in [-0.2, 0) is 5.75 Å². The Balaban J connectivity index is 2.36. The van der Waals surface area contributed by atoms with Gasteiger partial charge in [0.15, 0.2) is 5.57 Å². The van der Waals surface area contributed by atoms with E-state index >= 15 is 0 Å². The van der Waals surface area contributed by atoms with E-state index in [1.807, 2.05) is 24.5 Å². The number of halogens is 1. The molecule has 1 N–H and O–H groups in total. The van der Waals surface area contributed by atoms with Crippen LogP contribution in [0.3, 0.4) is 0 Å². The maximum atomic E-state index is 8.80. The van der Waals surface area contributed by atoms with Crippen LogP contribution in [0.2, 0.25) is 5.02 Å². The lowest BCUT2D eigenvalue weighted by Gasteiger charge is -2.08. The first-order valence-corrected chi connectivity index (χ1v) is 8.48. The average molecular weight is 325 g/mol. The van der Waals surface area contributed by atoms with E-state index in [2.05, 4.69) is 10.3 Å². The van der Waals surface area contributed by atoms with E-state index in [-0.39, 0.29) is 5.57 Å². The van der Waals surface area contributed by atoms with Crippen molar-refractivity contribution in [3.05, 3.63) is 39.6 Å². The molecule has 1 aromatic rings. The fraction of sp³-hybridized carbons (Fsp3) is 0.308. The van der Waals surface area contributed by atoms with Crippen molar-refractivity contribution in [2.45, 2.75) is 5.75 Å². The smallest absolute Gasteiger partial charge is 0.159 e. The first-order valence-electron chi connectivity index (χ1n) is 5.72. The molecule has 0 saturated carbocycles. The molecule has 0 fully saturated rings. The third-order valence-electron chi connectivity index (χ3n) is 2.26. The molecule has 1 heterocycles. The van der Waals surface area contributed by atoms with Crippen LogP contribution in [0.25, 0.3) is 0 Å². The summed E-state index contributed by atoms with van der Waals surface area (Å²) in [4.78, 5) is 4.21. The van der Waals surface area contributed by atoms with Crippen molar-refractivity contribution in [3.8, 4) is 12.1 Å². The standard InChI is InChI=1S/C13H13ClN4S2/c1-19-13(10(7-15)8-16)18-5-6-20-9-12-11(14)3-2-4-17-12/h2-4,18H,5-6,9H2,1H3. The highest BCUT2D eigenvalue weighted by Crippen LogP contribution is 2.18. The predicted octanol–water partition coefficient (Wildman–Crippen LogP) is 3.18. The number of hydrogen-bond acceptors (Lipinski definition) is 6. The number of aromatic nitrogens is 1. The van der Waals surface area contributed by atoms with Crippen LogP contribution in [0.15, 0.2) is 28.9 Å². The molecule has 0 bridgehead atoms. The molecule has 0 amide bonds. The SMILES string of the molecule is CSC(NCCSCc1ncccc1Cl)=C(C#N)C#N. The molecule has 7 heteroatoms. The fourth-order valence-electron chi connectivity index (χ4n) is 1.32. The molecule has 0 aromatic carbocycles. The zero-order valence-electron chi connectivity index (χ0n) is 10.9. The van der Waals surface area contributed by atoms with Gasteiger partial charge in [0.2, 0.25) is 0 Å². The number of thioether (sulfide) groups is 2. The van der Waals surface area contributed by atoms with Gasteiger partial charge >= 0.3 is 0 Å². The van der Waals surface area contributed by atoms with E-state index in [1.54, 1.807) is 24.0 Å². The molecule has 4 nitrogen and oxygen atoms in total. The average Bonchev–Trinajstić information content (AvgIpc) is 2.47. The van der Waals surface area contributed by atoms with Crippen molar-refractivity contribution < 1.29 is 0 Å². The second kappa shape index (κ2) is 9.55. The Morgan fingerprint density at radius 2 is 2.20 bits per heavy atom. The van der Waals surface area contributed by atoms with Crippen molar-refractivity contribution in [3.63, 3.8) is 0 Å². The molecule has 1 aromatic heterocycles. The zero-order valence-corrected chi connectivity index (χ0v) is 13.3. The molecule has 0 radical (unpaired) electrons. The molecule has 0 aliphatic heterocycles. The van der Waals surface area contributed by atoms with Gasteiger partial charge in [-0.05, 0) is 18.4 Å². The van der Waals surface area contributed by atoms with Gasteiger partial charge in [-0.15, -0.1) is 11.8 Å². The summed E-state index contributed by atoms with van der Waals surface area (Å²) in [7, 11) is 0. The van der Waals surface area contributed by atoms with Gasteiger partial charge in [-0.3, -0.25) is 4.98 Å². The van der Waals surface area contributed by atoms with Crippen LogP contribution in [0, 0.1) is 22.7 Å². The predicted molar refractivity (Wildman–Crippen MR) is 85.2 cm³/mol. The third-order valence-corrected chi connectivity index (χ3v) is 4.33. The van der Waals surface area contributed by atoms with Crippen molar-refractivity contribution >= 4 is 35.1 Å². The maximum absolute atomic E-state index is 8.80. The molecule has 0 aliphatic carbocycles. The minimum absolute atomic E-state index is 0.121. The van der Waals surface area contributed by atoms with Crippen LogP contribution in [0.4, 0.5) is 0 Å². The van der Waals surface area contributed by atoms with Gasteiger partial charge in [-0.2, -0.15) is 22.3 Å². The Morgan fingerprint density at radius 3 is 2.80 bits per heavy atom. The highest BCUT2D eigenvalue weighted by atomic mass is 35.5. The Labute approximate surface area is 132 Å². The second-order valence-electron chi connectivity index (χ2n) is 3.54. The molecular formula is C13H13ClN4S2. The molecule has 104 valence electrons. The van der Waals surface area contributed by atoms with E-state index in [0.29, 0.717) is 16.6 Å². The largest absolute Gasteiger partial charge is 0.377 e. The summed E-state index contributed by atoms with van der Waals surface area (Å²) in [6.07, 6.45) is 3.55. The van der Waals surface area contributed by atoms with Crippen LogP contribution in [0.1, 0.15) is 5.69 Å². The van der Waals surface area contributed by atoms with Gasteiger partial charge < -0.3 is 5.32 Å². The number of pyridine rings is 1. The van der Waals surface area contributed by atoms with Crippen molar-refractivity contribution in [1.82, 2.24) is 10.3 Å². The van der Waals surface area contributed by atoms with Gasteiger partial charge in [0.05, 0.1) is 15.7 Å². The van der Waals surface area contributed by atoms with Gasteiger partial charge in [-0.1, -0.05) is 11.6 Å². The van der Waals surface area contributed by atoms with Gasteiger partial charge in [0.25, 0.3) is 0 Å². The molecular weight excluding hydrogens is 312 g/mol. The first kappa shape index (κ1) is 16.7. The van der Waals surface area contributed by atoms with Crippen LogP contribution in [0.5, 0.6) is 0 Å². The van der Waals surface area contributed by atoms with Crippen LogP contribution < -0.4 is 5.32 Å². The van der Waals surface area contributed by atoms with Gasteiger partial charge in [-0.25, -0.2) is 0 Å². The summed E-state index contributed by atoms with van der Waals surface area (Å²) < 4.78 is 0. The number of nitrogens with one attached hydrogen (secondary N) is 1. The summed E-state index contributed by atoms with van der Waals surface area (Å²) in [6, 6.07) is 7.38. The number of allylic oxidation sites excluding steroid dienone is 1. The Bertz CT molecular complexity index is 544. The Morgan fingerprint density at radius 1 is 1.45 bits per heavy atom. The molecule has 0 saturated heterocycles. The zero-order chi connectivity index (χ0) is 14.8. The Hall–Kier alpha value is -1.34. The van der Waals surface area contributed by atoms with Crippen LogP contribution >= 0.6 is 35.1 Å². The molecule has 20 heavy (non-hydrogen) atoms. The van der Waals surface area contributed by atoms with E-state index in [4.69, 9.17) is 22.1 Å². The van der Waals surface area contributed by atoms with Crippen molar-refractivity contribution in [1.29, 1.82) is 10.5 Å². The number of hydrogen-bond donors (Lipinski definition) is 1. The molecule has 0 atom stereocenters. The second-order valence-corrected chi connectivity index (χ2v) is 5.87. The highest BCUT2D eigenvalue weighted by Gasteiger charge is 2.04. The summed E-state index contributed by atoms with van der Waals surface area (Å²) in [5, 5.41) is 22.0. The first-order chi connectivity index (χ1) is 9.72. The third kappa shape index (κ3) is 5.34. The lowest BCUT2D eigenvalue weighted by atomic mass is 10.3. The normalized spacial score (nSPS) is 9.40. The summed E-state index contributed by atoms with van der Waals surface area (Å²) in [5.41, 5.74) is 0.991. The molecule has 0 unspecified atom stereocenters. The van der Waals surface area contributed by atoms with E-state index in [0.717, 1.165) is 17.2 Å². The Kier molecular flexibility index (Phi) is 7.98. The monoisotopic (exact) mass is 324 g/mol. The minimum atomic E-state index is 0.121. The van der Waals surface area contributed by atoms with Crippen molar-refractivity contribution in [2.75, 3.05) is 18.6 Å². The highest BCUT2D eigenvalue weighted by molar-refractivity contribution is 8.02. The van der Waals surface area contributed by atoms with E-state index in [9.17, 15) is 0 Å². The summed E-state index contributed by atoms with van der Waals surface area (Å²) in [5.74, 6) is 1.57. The molecule has 1 rings (SSSR count). The van der Waals surface area contributed by atoms with Gasteiger partial charge in [0.1, 0.15) is 12.1 Å². The lowest BCUT2D eigenvalue weighted by molar-refractivity contribution is 0.909. The number of nitriles is 2. The van der Waals surface area contributed by atoms with Crippen LogP contribution in [-0.4, -0.2) is 23.5 Å². The van der Waals surface area contributed by atoms with Gasteiger partial charge in [0, 0.05) is 24.2 Å². The fourth-order valence-corrected chi connectivity index (χ4v) is 2.94. The van der Waals surface area contributed by atoms with Crippen molar-refractivity contribution in [2.24, 2.45) is 0 Å². The van der Waals surface area contributed by atoms with E-state index < -0.39 is 0 Å². The number of nitrogens with zero attached hydrogens (tertiary/aromatic N) is 3. The topological polar surface area (TPSA) is 72.5 Å². The summed E-state index contributed by atoms with van der Waals surface area (Å²) in [6.45, 7) is 0.679. The minimum Gasteiger partial charge on any atom is -0.377 e. The summed E-state index contributed by atoms with van der Waals surface area (Å²) >= 11 is 9.07. The quantitative estimate of drug-likeness (QED) is 0.613. The number of rotatable bonds is 7. The maximum Gasteiger partial charge on any atom is 0.159 e. The lowest BCUT2D eigenvalue weighted by Crippen LogP contribution is -2.16.